The molecule has 18 heavy (non-hydrogen) atoms. The molecule has 0 bridgehead atoms. The first-order valence-corrected chi connectivity index (χ1v) is 7.87. The van der Waals surface area contributed by atoms with E-state index < -0.39 is 0 Å². The fraction of sp³-hybridized carbons (Fsp3) is 1.00. The van der Waals surface area contributed by atoms with E-state index in [0.717, 1.165) is 31.2 Å². The molecule has 0 unspecified atom stereocenters. The van der Waals surface area contributed by atoms with Gasteiger partial charge in [0.2, 0.25) is 0 Å². The van der Waals surface area contributed by atoms with E-state index in [1.54, 1.807) is 0 Å². The van der Waals surface area contributed by atoms with Crippen molar-refractivity contribution in [1.29, 1.82) is 0 Å². The zero-order valence-electron chi connectivity index (χ0n) is 12.5. The third-order valence-electron chi connectivity index (χ3n) is 5.72. The van der Waals surface area contributed by atoms with Crippen molar-refractivity contribution in [3.05, 3.63) is 0 Å². The molecule has 0 aliphatic heterocycles. The Balaban J connectivity index is 1.85. The minimum absolute atomic E-state index is 0.0446. The summed E-state index contributed by atoms with van der Waals surface area (Å²) in [6.45, 7) is 8.56. The SMILES string of the molecule is CCC(C)(C)C1CCC(CO)(NCC2CC2)CC1. The van der Waals surface area contributed by atoms with Gasteiger partial charge in [-0.05, 0) is 62.3 Å². The molecule has 2 aliphatic carbocycles. The maximum atomic E-state index is 9.76. The normalized spacial score (nSPS) is 33.7. The minimum Gasteiger partial charge on any atom is -0.394 e. The summed E-state index contributed by atoms with van der Waals surface area (Å²) in [5, 5.41) is 13.4. The molecule has 0 aromatic carbocycles. The van der Waals surface area contributed by atoms with E-state index in [2.05, 4.69) is 26.1 Å². The van der Waals surface area contributed by atoms with Gasteiger partial charge in [0, 0.05) is 5.54 Å². The fourth-order valence-corrected chi connectivity index (χ4v) is 3.31. The molecule has 0 spiro atoms. The number of nitrogens with one attached hydrogen (secondary N) is 1. The molecule has 2 N–H and O–H groups in total. The molecule has 2 rings (SSSR count). The average molecular weight is 253 g/mol. The molecule has 2 nitrogen and oxygen atoms in total. The van der Waals surface area contributed by atoms with Crippen molar-refractivity contribution in [3.63, 3.8) is 0 Å². The summed E-state index contributed by atoms with van der Waals surface area (Å²) in [6.07, 6.45) is 8.91. The summed E-state index contributed by atoms with van der Waals surface area (Å²) in [6, 6.07) is 0. The van der Waals surface area contributed by atoms with Gasteiger partial charge in [-0.2, -0.15) is 0 Å². The molecule has 0 aromatic rings. The highest BCUT2D eigenvalue weighted by molar-refractivity contribution is 4.96. The van der Waals surface area contributed by atoms with Gasteiger partial charge in [0.25, 0.3) is 0 Å². The Morgan fingerprint density at radius 3 is 2.22 bits per heavy atom. The second-order valence-electron chi connectivity index (χ2n) is 7.38. The van der Waals surface area contributed by atoms with Gasteiger partial charge in [-0.1, -0.05) is 27.2 Å². The molecule has 0 aromatic heterocycles. The van der Waals surface area contributed by atoms with E-state index in [1.165, 1.54) is 32.1 Å². The van der Waals surface area contributed by atoms with Crippen LogP contribution in [0.1, 0.15) is 65.7 Å². The summed E-state index contributed by atoms with van der Waals surface area (Å²) >= 11 is 0. The number of hydrogen-bond acceptors (Lipinski definition) is 2. The number of aliphatic hydroxyl groups excluding tert-OH is 1. The summed E-state index contributed by atoms with van der Waals surface area (Å²) in [5.41, 5.74) is 0.515. The highest BCUT2D eigenvalue weighted by Crippen LogP contribution is 2.43. The second kappa shape index (κ2) is 5.50. The van der Waals surface area contributed by atoms with Crippen LogP contribution in [0.4, 0.5) is 0 Å². The summed E-state index contributed by atoms with van der Waals surface area (Å²) in [7, 11) is 0. The molecule has 0 radical (unpaired) electrons. The van der Waals surface area contributed by atoms with E-state index in [0.29, 0.717) is 12.0 Å². The Morgan fingerprint density at radius 1 is 1.17 bits per heavy atom. The van der Waals surface area contributed by atoms with Gasteiger partial charge in [-0.3, -0.25) is 0 Å². The molecular formula is C16H31NO. The molecule has 0 atom stereocenters. The summed E-state index contributed by atoms with van der Waals surface area (Å²) in [4.78, 5) is 0. The van der Waals surface area contributed by atoms with Crippen LogP contribution in [0.3, 0.4) is 0 Å². The zero-order valence-corrected chi connectivity index (χ0v) is 12.5. The summed E-state index contributed by atoms with van der Waals surface area (Å²) in [5.74, 6) is 1.74. The van der Waals surface area contributed by atoms with Gasteiger partial charge >= 0.3 is 0 Å². The monoisotopic (exact) mass is 253 g/mol. The Morgan fingerprint density at radius 2 is 1.78 bits per heavy atom. The van der Waals surface area contributed by atoms with Crippen LogP contribution >= 0.6 is 0 Å². The summed E-state index contributed by atoms with van der Waals surface area (Å²) < 4.78 is 0. The lowest BCUT2D eigenvalue weighted by atomic mass is 9.65. The molecule has 0 saturated heterocycles. The van der Waals surface area contributed by atoms with Crippen molar-refractivity contribution >= 4 is 0 Å². The first kappa shape index (κ1) is 14.3. The van der Waals surface area contributed by atoms with E-state index in [9.17, 15) is 5.11 Å². The maximum Gasteiger partial charge on any atom is 0.0613 e. The Hall–Kier alpha value is -0.0800. The first-order valence-electron chi connectivity index (χ1n) is 7.87. The van der Waals surface area contributed by atoms with E-state index in [1.807, 2.05) is 0 Å². The minimum atomic E-state index is 0.0446. The van der Waals surface area contributed by atoms with Gasteiger partial charge in [0.1, 0.15) is 0 Å². The third-order valence-corrected chi connectivity index (χ3v) is 5.72. The lowest BCUT2D eigenvalue weighted by Crippen LogP contribution is -2.52. The molecule has 106 valence electrons. The van der Waals surface area contributed by atoms with Crippen LogP contribution in [0.25, 0.3) is 0 Å². The van der Waals surface area contributed by atoms with Gasteiger partial charge in [-0.15, -0.1) is 0 Å². The zero-order chi connectivity index (χ0) is 13.2. The predicted molar refractivity (Wildman–Crippen MR) is 76.6 cm³/mol. The molecule has 0 amide bonds. The van der Waals surface area contributed by atoms with Crippen LogP contribution in [0.2, 0.25) is 0 Å². The fourth-order valence-electron chi connectivity index (χ4n) is 3.31. The van der Waals surface area contributed by atoms with Crippen molar-refractivity contribution < 1.29 is 5.11 Å². The Labute approximate surface area is 113 Å². The Bertz CT molecular complexity index is 262. The van der Waals surface area contributed by atoms with Gasteiger partial charge in [0.05, 0.1) is 6.61 Å². The van der Waals surface area contributed by atoms with Crippen LogP contribution in [0.5, 0.6) is 0 Å². The third kappa shape index (κ3) is 3.27. The topological polar surface area (TPSA) is 32.3 Å². The smallest absolute Gasteiger partial charge is 0.0613 e. The van der Waals surface area contributed by atoms with Crippen LogP contribution in [-0.4, -0.2) is 23.8 Å². The van der Waals surface area contributed by atoms with Gasteiger partial charge in [-0.25, -0.2) is 0 Å². The quantitative estimate of drug-likeness (QED) is 0.761. The lowest BCUT2D eigenvalue weighted by Gasteiger charge is -2.45. The van der Waals surface area contributed by atoms with E-state index >= 15 is 0 Å². The van der Waals surface area contributed by atoms with Crippen molar-refractivity contribution in [2.24, 2.45) is 17.3 Å². The number of rotatable bonds is 6. The van der Waals surface area contributed by atoms with Crippen LogP contribution < -0.4 is 5.32 Å². The Kier molecular flexibility index (Phi) is 4.38. The van der Waals surface area contributed by atoms with Gasteiger partial charge < -0.3 is 10.4 Å². The van der Waals surface area contributed by atoms with E-state index in [-0.39, 0.29) is 5.54 Å². The lowest BCUT2D eigenvalue weighted by molar-refractivity contribution is 0.0606. The first-order chi connectivity index (χ1) is 8.51. The van der Waals surface area contributed by atoms with Crippen molar-refractivity contribution in [1.82, 2.24) is 5.32 Å². The maximum absolute atomic E-state index is 9.76. The van der Waals surface area contributed by atoms with Crippen molar-refractivity contribution in [2.45, 2.75) is 71.3 Å². The number of hydrogen-bond donors (Lipinski definition) is 2. The number of aliphatic hydroxyl groups is 1. The average Bonchev–Trinajstić information content (AvgIpc) is 3.21. The molecule has 0 heterocycles. The highest BCUT2D eigenvalue weighted by atomic mass is 16.3. The predicted octanol–water partition coefficient (Wildman–Crippen LogP) is 3.34. The molecule has 2 saturated carbocycles. The van der Waals surface area contributed by atoms with Crippen molar-refractivity contribution in [2.75, 3.05) is 13.2 Å². The molecule has 2 fully saturated rings. The highest BCUT2D eigenvalue weighted by Gasteiger charge is 2.39. The van der Waals surface area contributed by atoms with Crippen LogP contribution in [0, 0.1) is 17.3 Å². The second-order valence-corrected chi connectivity index (χ2v) is 7.38. The van der Waals surface area contributed by atoms with Crippen LogP contribution in [0.15, 0.2) is 0 Å². The van der Waals surface area contributed by atoms with E-state index in [4.69, 9.17) is 0 Å². The molecule has 2 aliphatic rings. The van der Waals surface area contributed by atoms with Crippen LogP contribution in [-0.2, 0) is 0 Å². The van der Waals surface area contributed by atoms with Crippen molar-refractivity contribution in [3.8, 4) is 0 Å². The molecular weight excluding hydrogens is 222 g/mol. The largest absolute Gasteiger partial charge is 0.394 e. The van der Waals surface area contributed by atoms with Gasteiger partial charge in [0.15, 0.2) is 0 Å². The molecule has 2 heteroatoms. The standard InChI is InChI=1S/C16H31NO/c1-4-15(2,3)14-7-9-16(12-18,10-8-14)17-11-13-5-6-13/h13-14,17-18H,4-12H2,1-3H3.